The summed E-state index contributed by atoms with van der Waals surface area (Å²) in [5.74, 6) is -0.0807. The van der Waals surface area contributed by atoms with Gasteiger partial charge in [-0.2, -0.15) is 13.2 Å². The zero-order chi connectivity index (χ0) is 16.7. The number of hydrogen-bond donors (Lipinski definition) is 2. The minimum atomic E-state index is -4.40. The fourth-order valence-corrected chi connectivity index (χ4v) is 2.19. The lowest BCUT2D eigenvalue weighted by atomic mass is 10.1. The SMILES string of the molecule is O=C(CC1COCCN1)NCc1ccccc1OCC(F)(F)F. The molecule has 1 aliphatic rings. The Balaban J connectivity index is 1.83. The topological polar surface area (TPSA) is 59.6 Å². The first-order valence-corrected chi connectivity index (χ1v) is 7.29. The third-order valence-corrected chi connectivity index (χ3v) is 3.27. The van der Waals surface area contributed by atoms with Crippen molar-refractivity contribution in [3.63, 3.8) is 0 Å². The Morgan fingerprint density at radius 3 is 2.87 bits per heavy atom. The van der Waals surface area contributed by atoms with Crippen LogP contribution in [0.25, 0.3) is 0 Å². The number of benzene rings is 1. The Bertz CT molecular complexity index is 517. The van der Waals surface area contributed by atoms with Gasteiger partial charge in [0.2, 0.25) is 5.91 Å². The maximum absolute atomic E-state index is 12.2. The third-order valence-electron chi connectivity index (χ3n) is 3.27. The predicted molar refractivity (Wildman–Crippen MR) is 77.1 cm³/mol. The van der Waals surface area contributed by atoms with Gasteiger partial charge in [-0.25, -0.2) is 0 Å². The van der Waals surface area contributed by atoms with Crippen LogP contribution in [0.15, 0.2) is 24.3 Å². The minimum Gasteiger partial charge on any atom is -0.484 e. The molecule has 5 nitrogen and oxygen atoms in total. The molecule has 1 aromatic carbocycles. The van der Waals surface area contributed by atoms with Gasteiger partial charge in [-0.3, -0.25) is 4.79 Å². The van der Waals surface area contributed by atoms with Gasteiger partial charge in [0.15, 0.2) is 6.61 Å². The highest BCUT2D eigenvalue weighted by molar-refractivity contribution is 5.76. The number of ether oxygens (including phenoxy) is 2. The van der Waals surface area contributed by atoms with Gasteiger partial charge in [0.25, 0.3) is 0 Å². The van der Waals surface area contributed by atoms with Crippen LogP contribution < -0.4 is 15.4 Å². The van der Waals surface area contributed by atoms with Crippen molar-refractivity contribution in [1.29, 1.82) is 0 Å². The van der Waals surface area contributed by atoms with Crippen molar-refractivity contribution >= 4 is 5.91 Å². The van der Waals surface area contributed by atoms with Gasteiger partial charge in [0.05, 0.1) is 13.2 Å². The molecule has 1 saturated heterocycles. The van der Waals surface area contributed by atoms with E-state index in [0.29, 0.717) is 25.3 Å². The second-order valence-corrected chi connectivity index (χ2v) is 5.22. The molecule has 0 aliphatic carbocycles. The summed E-state index contributed by atoms with van der Waals surface area (Å²) in [5.41, 5.74) is 0.498. The molecule has 1 aromatic rings. The Morgan fingerprint density at radius 1 is 1.39 bits per heavy atom. The summed E-state index contributed by atoms with van der Waals surface area (Å²) in [7, 11) is 0. The van der Waals surface area contributed by atoms with Crippen LogP contribution in [0.4, 0.5) is 13.2 Å². The Hall–Kier alpha value is -1.80. The van der Waals surface area contributed by atoms with Crippen molar-refractivity contribution in [3.05, 3.63) is 29.8 Å². The molecule has 128 valence electrons. The summed E-state index contributed by atoms with van der Waals surface area (Å²) < 4.78 is 46.7. The van der Waals surface area contributed by atoms with E-state index in [4.69, 9.17) is 9.47 Å². The highest BCUT2D eigenvalue weighted by Crippen LogP contribution is 2.22. The zero-order valence-corrected chi connectivity index (χ0v) is 12.5. The molecule has 0 radical (unpaired) electrons. The van der Waals surface area contributed by atoms with Crippen LogP contribution in [-0.2, 0) is 16.1 Å². The molecular weight excluding hydrogens is 313 g/mol. The van der Waals surface area contributed by atoms with Crippen molar-refractivity contribution in [2.45, 2.75) is 25.2 Å². The van der Waals surface area contributed by atoms with Gasteiger partial charge in [-0.1, -0.05) is 18.2 Å². The van der Waals surface area contributed by atoms with Crippen LogP contribution in [0.3, 0.4) is 0 Å². The second kappa shape index (κ2) is 8.16. The number of halogens is 3. The smallest absolute Gasteiger partial charge is 0.422 e. The van der Waals surface area contributed by atoms with E-state index in [9.17, 15) is 18.0 Å². The molecule has 0 aromatic heterocycles. The van der Waals surface area contributed by atoms with Crippen LogP contribution in [0.5, 0.6) is 5.75 Å². The predicted octanol–water partition coefficient (Wildman–Crippen LogP) is 1.62. The molecule has 1 atom stereocenters. The van der Waals surface area contributed by atoms with E-state index >= 15 is 0 Å². The summed E-state index contributed by atoms with van der Waals surface area (Å²) in [4.78, 5) is 11.9. The molecule has 1 unspecified atom stereocenters. The van der Waals surface area contributed by atoms with E-state index in [0.717, 1.165) is 0 Å². The molecule has 2 N–H and O–H groups in total. The van der Waals surface area contributed by atoms with E-state index < -0.39 is 12.8 Å². The molecule has 2 rings (SSSR count). The second-order valence-electron chi connectivity index (χ2n) is 5.22. The standard InChI is InChI=1S/C15H19F3N2O3/c16-15(17,18)10-23-13-4-2-1-3-11(13)8-20-14(21)7-12-9-22-6-5-19-12/h1-4,12,19H,5-10H2,(H,20,21). The van der Waals surface area contributed by atoms with E-state index in [-0.39, 0.29) is 30.7 Å². The number of alkyl halides is 3. The molecule has 1 fully saturated rings. The lowest BCUT2D eigenvalue weighted by Gasteiger charge is -2.23. The molecule has 8 heteroatoms. The molecule has 1 amide bonds. The summed E-state index contributed by atoms with van der Waals surface area (Å²) in [5, 5.41) is 5.85. The largest absolute Gasteiger partial charge is 0.484 e. The number of rotatable bonds is 6. The van der Waals surface area contributed by atoms with Gasteiger partial charge < -0.3 is 20.1 Å². The van der Waals surface area contributed by atoms with E-state index in [1.165, 1.54) is 6.07 Å². The first-order chi connectivity index (χ1) is 10.9. The maximum atomic E-state index is 12.2. The highest BCUT2D eigenvalue weighted by atomic mass is 19.4. The normalized spacial score (nSPS) is 18.5. The van der Waals surface area contributed by atoms with Gasteiger partial charge in [-0.15, -0.1) is 0 Å². The first-order valence-electron chi connectivity index (χ1n) is 7.29. The lowest BCUT2D eigenvalue weighted by Crippen LogP contribution is -2.44. The molecule has 23 heavy (non-hydrogen) atoms. The molecular formula is C15H19F3N2O3. The van der Waals surface area contributed by atoms with Gasteiger partial charge >= 0.3 is 6.18 Å². The quantitative estimate of drug-likeness (QED) is 0.831. The number of amides is 1. The fourth-order valence-electron chi connectivity index (χ4n) is 2.19. The van der Waals surface area contributed by atoms with Crippen molar-refractivity contribution in [3.8, 4) is 5.75 Å². The van der Waals surface area contributed by atoms with Crippen molar-refractivity contribution in [1.82, 2.24) is 10.6 Å². The van der Waals surface area contributed by atoms with E-state index in [2.05, 4.69) is 10.6 Å². The number of nitrogens with one attached hydrogen (secondary N) is 2. The van der Waals surface area contributed by atoms with Crippen molar-refractivity contribution in [2.24, 2.45) is 0 Å². The number of hydrogen-bond acceptors (Lipinski definition) is 4. The Kier molecular flexibility index (Phi) is 6.23. The van der Waals surface area contributed by atoms with Gasteiger partial charge in [0.1, 0.15) is 5.75 Å². The van der Waals surface area contributed by atoms with Gasteiger partial charge in [0, 0.05) is 31.1 Å². The molecule has 0 saturated carbocycles. The molecule has 1 aliphatic heterocycles. The molecule has 0 bridgehead atoms. The zero-order valence-electron chi connectivity index (χ0n) is 12.5. The van der Waals surface area contributed by atoms with Crippen LogP contribution in [0.1, 0.15) is 12.0 Å². The lowest BCUT2D eigenvalue weighted by molar-refractivity contribution is -0.153. The van der Waals surface area contributed by atoms with Crippen LogP contribution in [0.2, 0.25) is 0 Å². The summed E-state index contributed by atoms with van der Waals surface area (Å²) >= 11 is 0. The third kappa shape index (κ3) is 6.45. The van der Waals surface area contributed by atoms with E-state index in [1.807, 2.05) is 0 Å². The summed E-state index contributed by atoms with van der Waals surface area (Å²) in [6.07, 6.45) is -4.14. The van der Waals surface area contributed by atoms with Gasteiger partial charge in [-0.05, 0) is 6.07 Å². The number of para-hydroxylation sites is 1. The number of morpholine rings is 1. The maximum Gasteiger partial charge on any atom is 0.422 e. The number of carbonyl (C=O) groups excluding carboxylic acids is 1. The number of carbonyl (C=O) groups is 1. The summed E-state index contributed by atoms with van der Waals surface area (Å²) in [6.45, 7) is 0.550. The Labute approximate surface area is 132 Å². The van der Waals surface area contributed by atoms with Crippen LogP contribution in [-0.4, -0.2) is 44.5 Å². The van der Waals surface area contributed by atoms with Crippen molar-refractivity contribution < 1.29 is 27.4 Å². The molecule has 1 heterocycles. The average Bonchev–Trinajstić information content (AvgIpc) is 2.52. The fraction of sp³-hybridized carbons (Fsp3) is 0.533. The van der Waals surface area contributed by atoms with Crippen molar-refractivity contribution in [2.75, 3.05) is 26.4 Å². The monoisotopic (exact) mass is 332 g/mol. The average molecular weight is 332 g/mol. The van der Waals surface area contributed by atoms with E-state index in [1.54, 1.807) is 18.2 Å². The first kappa shape index (κ1) is 17.6. The summed E-state index contributed by atoms with van der Waals surface area (Å²) in [6, 6.07) is 6.29. The Morgan fingerprint density at radius 2 is 2.17 bits per heavy atom. The van der Waals surface area contributed by atoms with Crippen LogP contribution >= 0.6 is 0 Å². The minimum absolute atomic E-state index is 0.0412. The molecule has 0 spiro atoms. The highest BCUT2D eigenvalue weighted by Gasteiger charge is 2.28. The van der Waals surface area contributed by atoms with Crippen LogP contribution in [0, 0.1) is 0 Å².